The molecule has 0 aromatic carbocycles. The molecule has 2 fully saturated rings. The van der Waals surface area contributed by atoms with Gasteiger partial charge in [-0.25, -0.2) is 0 Å². The van der Waals surface area contributed by atoms with Crippen LogP contribution in [0.1, 0.15) is 97.8 Å². The van der Waals surface area contributed by atoms with E-state index in [1.54, 1.807) is 0 Å². The van der Waals surface area contributed by atoms with Gasteiger partial charge in [0.15, 0.2) is 0 Å². The Morgan fingerprint density at radius 3 is 2.18 bits per heavy atom. The van der Waals surface area contributed by atoms with Crippen molar-refractivity contribution in [3.63, 3.8) is 0 Å². The Morgan fingerprint density at radius 1 is 0.818 bits per heavy atom. The van der Waals surface area contributed by atoms with Crippen LogP contribution in [-0.4, -0.2) is 12.7 Å². The van der Waals surface area contributed by atoms with E-state index in [0.29, 0.717) is 6.10 Å². The predicted molar refractivity (Wildman–Crippen MR) is 96.1 cm³/mol. The summed E-state index contributed by atoms with van der Waals surface area (Å²) in [5.74, 6) is 3.95. The van der Waals surface area contributed by atoms with E-state index in [9.17, 15) is 0 Å². The van der Waals surface area contributed by atoms with E-state index < -0.39 is 0 Å². The second-order valence-electron chi connectivity index (χ2n) is 8.01. The minimum Gasteiger partial charge on any atom is -0.378 e. The zero-order valence-electron chi connectivity index (χ0n) is 15.5. The highest BCUT2D eigenvalue weighted by molar-refractivity contribution is 4.86. The van der Waals surface area contributed by atoms with Crippen LogP contribution in [0.5, 0.6) is 0 Å². The van der Waals surface area contributed by atoms with Crippen molar-refractivity contribution in [3.8, 4) is 0 Å². The van der Waals surface area contributed by atoms with Crippen LogP contribution in [0.3, 0.4) is 0 Å². The third kappa shape index (κ3) is 5.25. The van der Waals surface area contributed by atoms with Gasteiger partial charge in [0.2, 0.25) is 0 Å². The quantitative estimate of drug-likeness (QED) is 0.459. The summed E-state index contributed by atoms with van der Waals surface area (Å²) in [6, 6.07) is 0. The molecule has 2 aliphatic carbocycles. The van der Waals surface area contributed by atoms with Crippen molar-refractivity contribution in [1.29, 1.82) is 0 Å². The molecule has 0 aromatic heterocycles. The number of hydrogen-bond donors (Lipinski definition) is 0. The molecule has 0 heterocycles. The molecule has 1 heteroatoms. The van der Waals surface area contributed by atoms with E-state index in [1.807, 2.05) is 0 Å². The first-order valence-corrected chi connectivity index (χ1v) is 10.4. The third-order valence-corrected chi connectivity index (χ3v) is 6.63. The van der Waals surface area contributed by atoms with Crippen molar-refractivity contribution in [2.45, 2.75) is 104 Å². The zero-order valence-corrected chi connectivity index (χ0v) is 15.5. The highest BCUT2D eigenvalue weighted by Crippen LogP contribution is 2.43. The van der Waals surface area contributed by atoms with Gasteiger partial charge in [-0.05, 0) is 62.7 Å². The number of ether oxygens (including phenoxy) is 1. The van der Waals surface area contributed by atoms with Crippen LogP contribution < -0.4 is 0 Å². The van der Waals surface area contributed by atoms with Gasteiger partial charge in [0.1, 0.15) is 0 Å². The van der Waals surface area contributed by atoms with Crippen LogP contribution in [-0.2, 0) is 4.74 Å². The summed E-state index contributed by atoms with van der Waals surface area (Å²) >= 11 is 0. The fourth-order valence-corrected chi connectivity index (χ4v) is 5.20. The van der Waals surface area contributed by atoms with Crippen molar-refractivity contribution >= 4 is 0 Å². The average Bonchev–Trinajstić information content (AvgIpc) is 2.56. The average molecular weight is 309 g/mol. The standard InChI is InChI=1S/C21H40O/c1-4-7-8-9-17-10-12-19(13-11-17)20-14-15-21(22-6-3)18(5-2)16-20/h17-21H,4-16H2,1-3H3/t17-,18?,19-,20?,21?. The molecule has 3 unspecified atom stereocenters. The molecule has 0 bridgehead atoms. The molecular weight excluding hydrogens is 268 g/mol. The van der Waals surface area contributed by atoms with Crippen molar-refractivity contribution < 1.29 is 4.74 Å². The Morgan fingerprint density at radius 2 is 1.55 bits per heavy atom. The van der Waals surface area contributed by atoms with Gasteiger partial charge in [-0.2, -0.15) is 0 Å². The largest absolute Gasteiger partial charge is 0.378 e. The second kappa shape index (κ2) is 9.96. The highest BCUT2D eigenvalue weighted by atomic mass is 16.5. The monoisotopic (exact) mass is 308 g/mol. The Kier molecular flexibility index (Phi) is 8.28. The van der Waals surface area contributed by atoms with E-state index >= 15 is 0 Å². The van der Waals surface area contributed by atoms with Crippen molar-refractivity contribution in [2.24, 2.45) is 23.7 Å². The summed E-state index contributed by atoms with van der Waals surface area (Å²) in [6.45, 7) is 7.73. The molecular formula is C21H40O. The second-order valence-corrected chi connectivity index (χ2v) is 8.01. The maximum atomic E-state index is 5.99. The topological polar surface area (TPSA) is 9.23 Å². The first kappa shape index (κ1) is 18.3. The third-order valence-electron chi connectivity index (χ3n) is 6.63. The molecule has 0 N–H and O–H groups in total. The lowest BCUT2D eigenvalue weighted by atomic mass is 9.67. The summed E-state index contributed by atoms with van der Waals surface area (Å²) in [7, 11) is 0. The smallest absolute Gasteiger partial charge is 0.0603 e. The van der Waals surface area contributed by atoms with Gasteiger partial charge in [0.25, 0.3) is 0 Å². The highest BCUT2D eigenvalue weighted by Gasteiger charge is 2.35. The maximum absolute atomic E-state index is 5.99. The molecule has 130 valence electrons. The lowest BCUT2D eigenvalue weighted by Crippen LogP contribution is -2.35. The van der Waals surface area contributed by atoms with E-state index in [4.69, 9.17) is 4.74 Å². The summed E-state index contributed by atoms with van der Waals surface area (Å²) in [5.41, 5.74) is 0. The molecule has 2 aliphatic rings. The van der Waals surface area contributed by atoms with Gasteiger partial charge in [0.05, 0.1) is 6.10 Å². The molecule has 0 aromatic rings. The van der Waals surface area contributed by atoms with Crippen LogP contribution in [0.25, 0.3) is 0 Å². The summed E-state index contributed by atoms with van der Waals surface area (Å²) in [5, 5.41) is 0. The Hall–Kier alpha value is -0.0400. The SMILES string of the molecule is CCCCC[C@H]1CC[C@H](C2CCC(OCC)C(CC)C2)CC1. The number of unbranched alkanes of at least 4 members (excludes halogenated alkanes) is 2. The van der Waals surface area contributed by atoms with E-state index in [1.165, 1.54) is 77.0 Å². The summed E-state index contributed by atoms with van der Waals surface area (Å²) in [6.07, 6.45) is 18.0. The Labute approximate surface area is 139 Å². The van der Waals surface area contributed by atoms with Gasteiger partial charge < -0.3 is 4.74 Å². The van der Waals surface area contributed by atoms with Gasteiger partial charge >= 0.3 is 0 Å². The summed E-state index contributed by atoms with van der Waals surface area (Å²) in [4.78, 5) is 0. The molecule has 0 amide bonds. The van der Waals surface area contributed by atoms with Crippen LogP contribution >= 0.6 is 0 Å². The lowest BCUT2D eigenvalue weighted by Gasteiger charge is -2.41. The lowest BCUT2D eigenvalue weighted by molar-refractivity contribution is -0.0296. The minimum absolute atomic E-state index is 0.566. The maximum Gasteiger partial charge on any atom is 0.0603 e. The van der Waals surface area contributed by atoms with Crippen LogP contribution in [0.15, 0.2) is 0 Å². The fourth-order valence-electron chi connectivity index (χ4n) is 5.20. The molecule has 0 radical (unpaired) electrons. The van der Waals surface area contributed by atoms with Gasteiger partial charge in [-0.1, -0.05) is 58.8 Å². The zero-order chi connectivity index (χ0) is 15.8. The number of rotatable bonds is 8. The molecule has 22 heavy (non-hydrogen) atoms. The first-order chi connectivity index (χ1) is 10.8. The minimum atomic E-state index is 0.566. The molecule has 0 saturated heterocycles. The molecule has 2 saturated carbocycles. The molecule has 1 nitrogen and oxygen atoms in total. The van der Waals surface area contributed by atoms with Gasteiger partial charge in [0, 0.05) is 6.61 Å². The summed E-state index contributed by atoms with van der Waals surface area (Å²) < 4.78 is 5.99. The van der Waals surface area contributed by atoms with Crippen molar-refractivity contribution in [2.75, 3.05) is 6.61 Å². The first-order valence-electron chi connectivity index (χ1n) is 10.4. The van der Waals surface area contributed by atoms with Crippen molar-refractivity contribution in [1.82, 2.24) is 0 Å². The molecule has 0 spiro atoms. The normalized spacial score (nSPS) is 36.4. The van der Waals surface area contributed by atoms with E-state index in [-0.39, 0.29) is 0 Å². The Bertz CT molecular complexity index is 280. The van der Waals surface area contributed by atoms with Crippen LogP contribution in [0.4, 0.5) is 0 Å². The Balaban J connectivity index is 1.72. The molecule has 2 rings (SSSR count). The molecule has 0 aliphatic heterocycles. The number of hydrogen-bond acceptors (Lipinski definition) is 1. The van der Waals surface area contributed by atoms with Crippen LogP contribution in [0.2, 0.25) is 0 Å². The van der Waals surface area contributed by atoms with Crippen LogP contribution in [0, 0.1) is 23.7 Å². The van der Waals surface area contributed by atoms with E-state index in [2.05, 4.69) is 20.8 Å². The van der Waals surface area contributed by atoms with E-state index in [0.717, 1.165) is 30.3 Å². The fraction of sp³-hybridized carbons (Fsp3) is 1.00. The molecule has 3 atom stereocenters. The predicted octanol–water partition coefficient (Wildman–Crippen LogP) is 6.60. The van der Waals surface area contributed by atoms with Crippen molar-refractivity contribution in [3.05, 3.63) is 0 Å². The van der Waals surface area contributed by atoms with Gasteiger partial charge in [-0.15, -0.1) is 0 Å². The van der Waals surface area contributed by atoms with Gasteiger partial charge in [-0.3, -0.25) is 0 Å².